The summed E-state index contributed by atoms with van der Waals surface area (Å²) in [7, 11) is 0. The van der Waals surface area contributed by atoms with E-state index in [-0.39, 0.29) is 10.7 Å². The number of hydrogen-bond acceptors (Lipinski definition) is 3. The van der Waals surface area contributed by atoms with Crippen molar-refractivity contribution in [2.24, 2.45) is 11.5 Å². The third-order valence-corrected chi connectivity index (χ3v) is 4.44. The van der Waals surface area contributed by atoms with Gasteiger partial charge in [-0.25, -0.2) is 0 Å². The number of nitrogens with two attached hydrogens (primary N) is 3. The van der Waals surface area contributed by atoms with Gasteiger partial charge in [0, 0.05) is 16.3 Å². The molecule has 0 spiro atoms. The molecule has 5 nitrogen and oxygen atoms in total. The second-order valence-corrected chi connectivity index (χ2v) is 6.80. The van der Waals surface area contributed by atoms with Crippen molar-refractivity contribution in [2.75, 3.05) is 11.1 Å². The van der Waals surface area contributed by atoms with Gasteiger partial charge in [-0.2, -0.15) is 0 Å². The van der Waals surface area contributed by atoms with Gasteiger partial charge >= 0.3 is 0 Å². The van der Waals surface area contributed by atoms with Crippen molar-refractivity contribution >= 4 is 46.2 Å². The fourth-order valence-corrected chi connectivity index (χ4v) is 3.02. The van der Waals surface area contributed by atoms with Gasteiger partial charge in [-0.1, -0.05) is 35.9 Å². The summed E-state index contributed by atoms with van der Waals surface area (Å²) in [6.45, 7) is 0. The van der Waals surface area contributed by atoms with E-state index in [9.17, 15) is 4.79 Å². The second kappa shape index (κ2) is 7.65. The van der Waals surface area contributed by atoms with Crippen LogP contribution in [0.25, 0.3) is 22.3 Å². The molecule has 1 amide bonds. The van der Waals surface area contributed by atoms with Gasteiger partial charge in [0.1, 0.15) is 0 Å². The predicted octanol–water partition coefficient (Wildman–Crippen LogP) is 4.01. The molecule has 0 fully saturated rings. The minimum Gasteiger partial charge on any atom is -0.398 e. The number of halogens is 1. The lowest BCUT2D eigenvalue weighted by Gasteiger charge is -2.14. The molecule has 0 heterocycles. The second-order valence-electron chi connectivity index (χ2n) is 5.92. The SMILES string of the molecule is NC(=O)c1cc(-c2ccc(Cl)cc2)cc(-c2ccc(NC(N)=S)cc2)c1N. The number of nitrogens with one attached hydrogen (secondary N) is 1. The first-order chi connectivity index (χ1) is 12.8. The summed E-state index contributed by atoms with van der Waals surface area (Å²) in [6.07, 6.45) is 0. The van der Waals surface area contributed by atoms with Gasteiger partial charge < -0.3 is 22.5 Å². The lowest BCUT2D eigenvalue weighted by molar-refractivity contribution is 0.100. The molecular formula is C20H17ClN4OS. The Hall–Kier alpha value is -3.09. The number of thiocarbonyl (C=S) groups is 1. The summed E-state index contributed by atoms with van der Waals surface area (Å²) in [5.74, 6) is -0.587. The van der Waals surface area contributed by atoms with Gasteiger partial charge in [-0.3, -0.25) is 4.79 Å². The van der Waals surface area contributed by atoms with Gasteiger partial charge in [-0.15, -0.1) is 0 Å². The number of benzene rings is 3. The molecule has 7 heteroatoms. The molecule has 0 unspecified atom stereocenters. The van der Waals surface area contributed by atoms with E-state index in [1.54, 1.807) is 18.2 Å². The molecule has 0 aliphatic rings. The Morgan fingerprint density at radius 3 is 2.04 bits per heavy atom. The highest BCUT2D eigenvalue weighted by Crippen LogP contribution is 2.35. The van der Waals surface area contributed by atoms with Crippen LogP contribution in [0.15, 0.2) is 60.7 Å². The first kappa shape index (κ1) is 18.7. The molecule has 0 saturated heterocycles. The first-order valence-electron chi connectivity index (χ1n) is 8.01. The lowest BCUT2D eigenvalue weighted by atomic mass is 9.93. The fraction of sp³-hybridized carbons (Fsp3) is 0. The Balaban J connectivity index is 2.12. The van der Waals surface area contributed by atoms with Gasteiger partial charge in [0.15, 0.2) is 5.11 Å². The van der Waals surface area contributed by atoms with Crippen molar-refractivity contribution in [1.82, 2.24) is 0 Å². The van der Waals surface area contributed by atoms with Crippen molar-refractivity contribution < 1.29 is 4.79 Å². The minimum absolute atomic E-state index is 0.183. The number of carbonyl (C=O) groups is 1. The molecule has 0 aromatic heterocycles. The fourth-order valence-electron chi connectivity index (χ4n) is 2.78. The Bertz CT molecular complexity index is 1020. The lowest BCUT2D eigenvalue weighted by Crippen LogP contribution is -2.18. The van der Waals surface area contributed by atoms with E-state index in [1.807, 2.05) is 42.5 Å². The third-order valence-electron chi connectivity index (χ3n) is 4.09. The Morgan fingerprint density at radius 2 is 1.48 bits per heavy atom. The first-order valence-corrected chi connectivity index (χ1v) is 8.80. The number of rotatable bonds is 4. The molecule has 0 bridgehead atoms. The molecule has 0 aliphatic heterocycles. The zero-order chi connectivity index (χ0) is 19.6. The molecule has 3 aromatic carbocycles. The van der Waals surface area contributed by atoms with E-state index in [1.165, 1.54) is 0 Å². The van der Waals surface area contributed by atoms with Crippen molar-refractivity contribution in [2.45, 2.75) is 0 Å². The number of amides is 1. The van der Waals surface area contributed by atoms with Gasteiger partial charge in [0.2, 0.25) is 0 Å². The maximum atomic E-state index is 11.9. The average molecular weight is 397 g/mol. The molecule has 136 valence electrons. The highest BCUT2D eigenvalue weighted by molar-refractivity contribution is 7.80. The summed E-state index contributed by atoms with van der Waals surface area (Å²) in [6, 6.07) is 18.3. The molecule has 3 aromatic rings. The van der Waals surface area contributed by atoms with Crippen molar-refractivity contribution in [3.8, 4) is 22.3 Å². The van der Waals surface area contributed by atoms with Crippen LogP contribution < -0.4 is 22.5 Å². The zero-order valence-electron chi connectivity index (χ0n) is 14.2. The maximum Gasteiger partial charge on any atom is 0.250 e. The van der Waals surface area contributed by atoms with Crippen molar-refractivity contribution in [3.63, 3.8) is 0 Å². The van der Waals surface area contributed by atoms with Crippen LogP contribution in [0.4, 0.5) is 11.4 Å². The number of nitrogen functional groups attached to an aromatic ring is 1. The van der Waals surface area contributed by atoms with E-state index in [0.717, 1.165) is 22.4 Å². The van der Waals surface area contributed by atoms with Gasteiger partial charge in [0.25, 0.3) is 5.91 Å². The van der Waals surface area contributed by atoms with Crippen LogP contribution in [0.3, 0.4) is 0 Å². The van der Waals surface area contributed by atoms with E-state index in [4.69, 9.17) is 41.0 Å². The highest BCUT2D eigenvalue weighted by atomic mass is 35.5. The smallest absolute Gasteiger partial charge is 0.250 e. The Kier molecular flexibility index (Phi) is 5.30. The Labute approximate surface area is 167 Å². The van der Waals surface area contributed by atoms with Crippen molar-refractivity contribution in [3.05, 3.63) is 71.2 Å². The molecule has 0 saturated carbocycles. The summed E-state index contributed by atoms with van der Waals surface area (Å²) in [4.78, 5) is 11.9. The van der Waals surface area contributed by atoms with Gasteiger partial charge in [0.05, 0.1) is 11.3 Å². The van der Waals surface area contributed by atoms with Crippen LogP contribution in [0.5, 0.6) is 0 Å². The van der Waals surface area contributed by atoms with Crippen LogP contribution in [0, 0.1) is 0 Å². The summed E-state index contributed by atoms with van der Waals surface area (Å²) in [5.41, 5.74) is 21.9. The molecule has 27 heavy (non-hydrogen) atoms. The third kappa shape index (κ3) is 4.19. The molecule has 7 N–H and O–H groups in total. The molecular weight excluding hydrogens is 380 g/mol. The molecule has 0 aliphatic carbocycles. The molecule has 3 rings (SSSR count). The molecule has 0 atom stereocenters. The summed E-state index contributed by atoms with van der Waals surface area (Å²) >= 11 is 10.8. The summed E-state index contributed by atoms with van der Waals surface area (Å²) in [5, 5.41) is 3.67. The monoisotopic (exact) mass is 396 g/mol. The van der Waals surface area contributed by atoms with Crippen LogP contribution in [-0.4, -0.2) is 11.0 Å². The quantitative estimate of drug-likeness (QED) is 0.393. The van der Waals surface area contributed by atoms with Crippen LogP contribution in [0.2, 0.25) is 5.02 Å². The topological polar surface area (TPSA) is 107 Å². The zero-order valence-corrected chi connectivity index (χ0v) is 15.8. The normalized spacial score (nSPS) is 10.4. The summed E-state index contributed by atoms with van der Waals surface area (Å²) < 4.78 is 0. The average Bonchev–Trinajstić information content (AvgIpc) is 2.63. The maximum absolute atomic E-state index is 11.9. The highest BCUT2D eigenvalue weighted by Gasteiger charge is 2.15. The van der Waals surface area contributed by atoms with Crippen LogP contribution in [0.1, 0.15) is 10.4 Å². The van der Waals surface area contributed by atoms with E-state index < -0.39 is 5.91 Å². The standard InChI is InChI=1S/C20H17ClN4OS/c21-14-5-1-11(2-6-14)13-9-16(18(22)17(10-13)19(23)26)12-3-7-15(8-4-12)25-20(24)27/h1-10H,22H2,(H2,23,26)(H3,24,25,27). The predicted molar refractivity (Wildman–Crippen MR) is 116 cm³/mol. The largest absolute Gasteiger partial charge is 0.398 e. The number of primary amides is 1. The number of anilines is 2. The van der Waals surface area contributed by atoms with E-state index in [2.05, 4.69) is 5.32 Å². The Morgan fingerprint density at radius 1 is 0.889 bits per heavy atom. The van der Waals surface area contributed by atoms with E-state index >= 15 is 0 Å². The minimum atomic E-state index is -0.587. The van der Waals surface area contributed by atoms with E-state index in [0.29, 0.717) is 16.3 Å². The van der Waals surface area contributed by atoms with Crippen LogP contribution >= 0.6 is 23.8 Å². The number of carbonyl (C=O) groups excluding carboxylic acids is 1. The number of hydrogen-bond donors (Lipinski definition) is 4. The van der Waals surface area contributed by atoms with Crippen LogP contribution in [-0.2, 0) is 0 Å². The molecule has 0 radical (unpaired) electrons. The van der Waals surface area contributed by atoms with Crippen molar-refractivity contribution in [1.29, 1.82) is 0 Å². The van der Waals surface area contributed by atoms with Gasteiger partial charge in [-0.05, 0) is 65.3 Å².